The molecule has 0 aliphatic heterocycles. The molecule has 0 aliphatic carbocycles. The summed E-state index contributed by atoms with van der Waals surface area (Å²) in [6.07, 6.45) is 1.82. The van der Waals surface area contributed by atoms with Crippen molar-refractivity contribution in [2.75, 3.05) is 7.11 Å². The molecule has 2 nitrogen and oxygen atoms in total. The summed E-state index contributed by atoms with van der Waals surface area (Å²) in [5.74, 6) is 1.80. The van der Waals surface area contributed by atoms with Crippen LogP contribution in [0.3, 0.4) is 0 Å². The fourth-order valence-electron chi connectivity index (χ4n) is 1.27. The Bertz CT molecular complexity index is 202. The number of aliphatic imine (C=N–C) groups is 1. The van der Waals surface area contributed by atoms with Crippen LogP contribution >= 0.6 is 0 Å². The maximum absolute atomic E-state index is 5.35. The Labute approximate surface area is 81.7 Å². The highest BCUT2D eigenvalue weighted by molar-refractivity contribution is 5.55. The van der Waals surface area contributed by atoms with Crippen molar-refractivity contribution >= 4 is 6.21 Å². The molecule has 76 valence electrons. The van der Waals surface area contributed by atoms with Crippen LogP contribution in [-0.2, 0) is 4.74 Å². The fourth-order valence-corrected chi connectivity index (χ4v) is 1.27. The highest BCUT2D eigenvalue weighted by Crippen LogP contribution is 2.22. The molecule has 0 aromatic rings. The van der Waals surface area contributed by atoms with E-state index in [1.54, 1.807) is 7.11 Å². The van der Waals surface area contributed by atoms with Gasteiger partial charge in [0, 0.05) is 12.1 Å². The van der Waals surface area contributed by atoms with Crippen molar-refractivity contribution in [3.05, 3.63) is 11.5 Å². The molecule has 0 N–H and O–H groups in total. The number of allylic oxidation sites excluding steroid dienone is 2. The van der Waals surface area contributed by atoms with E-state index in [1.807, 2.05) is 13.1 Å². The third kappa shape index (κ3) is 3.62. The second-order valence-corrected chi connectivity index (χ2v) is 3.65. The van der Waals surface area contributed by atoms with E-state index in [2.05, 4.69) is 32.7 Å². The van der Waals surface area contributed by atoms with Gasteiger partial charge >= 0.3 is 0 Å². The molecule has 0 amide bonds. The van der Waals surface area contributed by atoms with Crippen LogP contribution in [0.4, 0.5) is 0 Å². The zero-order valence-electron chi connectivity index (χ0n) is 9.59. The summed E-state index contributed by atoms with van der Waals surface area (Å²) in [5.41, 5.74) is 1.06. The molecule has 0 heterocycles. The van der Waals surface area contributed by atoms with Crippen LogP contribution in [0.5, 0.6) is 0 Å². The molecule has 0 spiro atoms. The first-order valence-electron chi connectivity index (χ1n) is 4.81. The van der Waals surface area contributed by atoms with Gasteiger partial charge in [0.25, 0.3) is 0 Å². The Kier molecular flexibility index (Phi) is 5.44. The lowest BCUT2D eigenvalue weighted by atomic mass is 10.0. The minimum Gasteiger partial charge on any atom is -0.499 e. The Balaban J connectivity index is 5.00. The van der Waals surface area contributed by atoms with E-state index in [1.165, 1.54) is 0 Å². The maximum atomic E-state index is 5.35. The van der Waals surface area contributed by atoms with Gasteiger partial charge in [0.15, 0.2) is 0 Å². The van der Waals surface area contributed by atoms with Gasteiger partial charge in [0.1, 0.15) is 5.76 Å². The normalized spacial score (nSPS) is 14.2. The van der Waals surface area contributed by atoms with E-state index in [9.17, 15) is 0 Å². The molecular weight excluding hydrogens is 162 g/mol. The first-order chi connectivity index (χ1) is 6.04. The van der Waals surface area contributed by atoms with Crippen molar-refractivity contribution in [3.8, 4) is 0 Å². The number of rotatable bonds is 4. The van der Waals surface area contributed by atoms with Crippen molar-refractivity contribution < 1.29 is 4.74 Å². The summed E-state index contributed by atoms with van der Waals surface area (Å²) in [6.45, 7) is 10.4. The summed E-state index contributed by atoms with van der Waals surface area (Å²) in [6, 6.07) is 0. The highest BCUT2D eigenvalue weighted by Gasteiger charge is 2.13. The van der Waals surface area contributed by atoms with Crippen LogP contribution in [0.25, 0.3) is 0 Å². The average Bonchev–Trinajstić information content (AvgIpc) is 2.03. The summed E-state index contributed by atoms with van der Waals surface area (Å²) >= 11 is 0. The second-order valence-electron chi connectivity index (χ2n) is 3.65. The third-order valence-electron chi connectivity index (χ3n) is 1.81. The van der Waals surface area contributed by atoms with Crippen LogP contribution in [0, 0.1) is 11.8 Å². The largest absolute Gasteiger partial charge is 0.499 e. The van der Waals surface area contributed by atoms with E-state index in [4.69, 9.17) is 4.74 Å². The molecule has 0 saturated heterocycles. The van der Waals surface area contributed by atoms with Gasteiger partial charge in [-0.25, -0.2) is 0 Å². The molecule has 0 saturated carbocycles. The van der Waals surface area contributed by atoms with Gasteiger partial charge in [-0.05, 0) is 12.8 Å². The summed E-state index contributed by atoms with van der Waals surface area (Å²) in [7, 11) is 1.71. The molecule has 0 bridgehead atoms. The quantitative estimate of drug-likeness (QED) is 0.484. The predicted octanol–water partition coefficient (Wildman–Crippen LogP) is 3.25. The van der Waals surface area contributed by atoms with Crippen LogP contribution < -0.4 is 0 Å². The fraction of sp³-hybridized carbons (Fsp3) is 0.727. The Morgan fingerprint density at radius 3 is 1.92 bits per heavy atom. The van der Waals surface area contributed by atoms with Gasteiger partial charge in [-0.15, -0.1) is 0 Å². The minimum atomic E-state index is 0.395. The lowest BCUT2D eigenvalue weighted by Gasteiger charge is -2.16. The van der Waals surface area contributed by atoms with E-state index in [0.717, 1.165) is 11.5 Å². The average molecular weight is 183 g/mol. The SMILES string of the molecule is C/C=N\C(=C(/OC)C(C)C)C(C)C. The molecule has 2 heteroatoms. The number of ether oxygens (including phenoxy) is 1. The molecule has 0 unspecified atom stereocenters. The van der Waals surface area contributed by atoms with E-state index < -0.39 is 0 Å². The van der Waals surface area contributed by atoms with Crippen molar-refractivity contribution in [3.63, 3.8) is 0 Å². The molecule has 0 radical (unpaired) electrons. The molecule has 0 aromatic carbocycles. The lowest BCUT2D eigenvalue weighted by Crippen LogP contribution is -2.05. The van der Waals surface area contributed by atoms with Crippen LogP contribution in [0.2, 0.25) is 0 Å². The predicted molar refractivity (Wildman–Crippen MR) is 57.9 cm³/mol. The van der Waals surface area contributed by atoms with Gasteiger partial charge in [-0.2, -0.15) is 0 Å². The van der Waals surface area contributed by atoms with Crippen molar-refractivity contribution in [1.82, 2.24) is 0 Å². The number of methoxy groups -OCH3 is 1. The van der Waals surface area contributed by atoms with Crippen molar-refractivity contribution in [1.29, 1.82) is 0 Å². The molecular formula is C11H21NO. The van der Waals surface area contributed by atoms with Crippen LogP contribution in [0.15, 0.2) is 16.4 Å². The van der Waals surface area contributed by atoms with Gasteiger partial charge in [-0.3, -0.25) is 4.99 Å². The molecule has 0 rings (SSSR count). The van der Waals surface area contributed by atoms with Gasteiger partial charge in [-0.1, -0.05) is 27.7 Å². The zero-order valence-corrected chi connectivity index (χ0v) is 9.59. The third-order valence-corrected chi connectivity index (χ3v) is 1.81. The molecule has 13 heavy (non-hydrogen) atoms. The first-order valence-corrected chi connectivity index (χ1v) is 4.81. The van der Waals surface area contributed by atoms with Gasteiger partial charge in [0.2, 0.25) is 0 Å². The van der Waals surface area contributed by atoms with E-state index in [-0.39, 0.29) is 0 Å². The van der Waals surface area contributed by atoms with Crippen molar-refractivity contribution in [2.24, 2.45) is 16.8 Å². The lowest BCUT2D eigenvalue weighted by molar-refractivity contribution is 0.244. The Hall–Kier alpha value is -0.790. The molecule has 0 aromatic heterocycles. The first kappa shape index (κ1) is 12.2. The topological polar surface area (TPSA) is 21.6 Å². The van der Waals surface area contributed by atoms with Gasteiger partial charge in [0.05, 0.1) is 12.8 Å². The van der Waals surface area contributed by atoms with E-state index in [0.29, 0.717) is 11.8 Å². The van der Waals surface area contributed by atoms with Crippen LogP contribution in [-0.4, -0.2) is 13.3 Å². The number of nitrogens with zero attached hydrogens (tertiary/aromatic N) is 1. The summed E-state index contributed by atoms with van der Waals surface area (Å²) < 4.78 is 5.35. The molecule has 0 aliphatic rings. The highest BCUT2D eigenvalue weighted by atomic mass is 16.5. The summed E-state index contributed by atoms with van der Waals surface area (Å²) in [5, 5.41) is 0. The standard InChI is InChI=1S/C11H21NO/c1-7-12-10(8(2)3)11(13-6)9(4)5/h7-9H,1-6H3/b11-10-,12-7-. The smallest absolute Gasteiger partial charge is 0.120 e. The zero-order chi connectivity index (χ0) is 10.4. The minimum absolute atomic E-state index is 0.395. The Morgan fingerprint density at radius 2 is 1.69 bits per heavy atom. The number of hydrogen-bond donors (Lipinski definition) is 0. The second kappa shape index (κ2) is 5.79. The summed E-state index contributed by atoms with van der Waals surface area (Å²) in [4.78, 5) is 4.35. The Morgan fingerprint density at radius 1 is 1.15 bits per heavy atom. The van der Waals surface area contributed by atoms with E-state index >= 15 is 0 Å². The molecule has 0 atom stereocenters. The molecule has 0 fully saturated rings. The monoisotopic (exact) mass is 183 g/mol. The van der Waals surface area contributed by atoms with Crippen molar-refractivity contribution in [2.45, 2.75) is 34.6 Å². The van der Waals surface area contributed by atoms with Crippen LogP contribution in [0.1, 0.15) is 34.6 Å². The number of hydrogen-bond acceptors (Lipinski definition) is 2. The maximum Gasteiger partial charge on any atom is 0.120 e. The van der Waals surface area contributed by atoms with Gasteiger partial charge < -0.3 is 4.74 Å².